The van der Waals surface area contributed by atoms with E-state index in [0.717, 1.165) is 0 Å². The highest BCUT2D eigenvalue weighted by Crippen LogP contribution is 2.25. The van der Waals surface area contributed by atoms with Crippen LogP contribution in [0.25, 0.3) is 0 Å². The Balaban J connectivity index is 2.00. The Morgan fingerprint density at radius 2 is 2.04 bits per heavy atom. The van der Waals surface area contributed by atoms with E-state index in [4.69, 9.17) is 4.74 Å². The molecule has 0 atom stereocenters. The summed E-state index contributed by atoms with van der Waals surface area (Å²) in [6.45, 7) is 2.48. The quantitative estimate of drug-likeness (QED) is 0.702. The number of carbonyl (C=O) groups is 1. The summed E-state index contributed by atoms with van der Waals surface area (Å²) in [7, 11) is -0.266. The SMILES string of the molecule is CC/C(=C/F)COc1ccc(S(=O)(=O)N2CCC(C(=O)N(C)C)CC2)cn1. The van der Waals surface area contributed by atoms with E-state index in [2.05, 4.69) is 4.98 Å². The summed E-state index contributed by atoms with van der Waals surface area (Å²) in [6, 6.07) is 2.89. The fraction of sp³-hybridized carbons (Fsp3) is 0.556. The summed E-state index contributed by atoms with van der Waals surface area (Å²) in [5.74, 6) is 0.123. The van der Waals surface area contributed by atoms with Gasteiger partial charge in [-0.25, -0.2) is 17.8 Å². The fourth-order valence-corrected chi connectivity index (χ4v) is 4.25. The Labute approximate surface area is 159 Å². The Kier molecular flexibility index (Phi) is 7.32. The molecule has 0 radical (unpaired) electrons. The molecular formula is C18H26FN3O4S. The molecule has 0 aromatic carbocycles. The lowest BCUT2D eigenvalue weighted by Gasteiger charge is -2.31. The van der Waals surface area contributed by atoms with E-state index in [1.54, 1.807) is 19.0 Å². The van der Waals surface area contributed by atoms with Crippen molar-refractivity contribution in [3.05, 3.63) is 30.2 Å². The van der Waals surface area contributed by atoms with Gasteiger partial charge in [-0.1, -0.05) is 6.92 Å². The van der Waals surface area contributed by atoms with Crippen molar-refractivity contribution >= 4 is 15.9 Å². The number of ether oxygens (including phenoxy) is 1. The van der Waals surface area contributed by atoms with Crippen molar-refractivity contribution in [1.29, 1.82) is 0 Å². The molecule has 0 aliphatic carbocycles. The molecule has 1 aromatic heterocycles. The van der Waals surface area contributed by atoms with Gasteiger partial charge in [0.25, 0.3) is 0 Å². The predicted molar refractivity (Wildman–Crippen MR) is 99.4 cm³/mol. The van der Waals surface area contributed by atoms with Crippen molar-refractivity contribution in [2.45, 2.75) is 31.1 Å². The van der Waals surface area contributed by atoms with Gasteiger partial charge in [0, 0.05) is 39.2 Å². The highest BCUT2D eigenvalue weighted by Gasteiger charge is 2.32. The van der Waals surface area contributed by atoms with Gasteiger partial charge in [-0.15, -0.1) is 0 Å². The van der Waals surface area contributed by atoms with Gasteiger partial charge in [0.05, 0.1) is 12.5 Å². The number of amides is 1. The van der Waals surface area contributed by atoms with E-state index in [1.165, 1.54) is 22.6 Å². The molecule has 1 saturated heterocycles. The highest BCUT2D eigenvalue weighted by molar-refractivity contribution is 7.89. The Hall–Kier alpha value is -2.00. The van der Waals surface area contributed by atoms with Crippen LogP contribution in [0.15, 0.2) is 35.1 Å². The summed E-state index contributed by atoms with van der Waals surface area (Å²) in [6.07, 6.45) is 3.27. The molecule has 1 aliphatic rings. The molecule has 0 unspecified atom stereocenters. The second kappa shape index (κ2) is 9.27. The van der Waals surface area contributed by atoms with Gasteiger partial charge in [-0.3, -0.25) is 4.79 Å². The highest BCUT2D eigenvalue weighted by atomic mass is 32.2. The standard InChI is InChI=1S/C18H26FN3O4S/c1-4-14(11-19)13-26-17-6-5-16(12-20-17)27(24,25)22-9-7-15(8-10-22)18(23)21(2)3/h5-6,11-12,15H,4,7-10,13H2,1-3H3/b14-11-. The molecule has 9 heteroatoms. The van der Waals surface area contributed by atoms with Crippen LogP contribution < -0.4 is 4.74 Å². The van der Waals surface area contributed by atoms with Crippen LogP contribution in [-0.4, -0.2) is 62.3 Å². The molecule has 1 aromatic rings. The van der Waals surface area contributed by atoms with Crippen LogP contribution in [0.4, 0.5) is 4.39 Å². The molecule has 2 heterocycles. The van der Waals surface area contributed by atoms with E-state index in [9.17, 15) is 17.6 Å². The van der Waals surface area contributed by atoms with Crippen molar-refractivity contribution in [3.63, 3.8) is 0 Å². The second-order valence-electron chi connectivity index (χ2n) is 6.65. The smallest absolute Gasteiger partial charge is 0.244 e. The van der Waals surface area contributed by atoms with Gasteiger partial charge >= 0.3 is 0 Å². The molecule has 150 valence electrons. The van der Waals surface area contributed by atoms with Crippen LogP contribution in [0.2, 0.25) is 0 Å². The molecule has 1 aliphatic heterocycles. The van der Waals surface area contributed by atoms with Crippen molar-refractivity contribution in [3.8, 4) is 5.88 Å². The van der Waals surface area contributed by atoms with E-state index in [0.29, 0.717) is 44.3 Å². The number of hydrogen-bond acceptors (Lipinski definition) is 5. The molecule has 0 saturated carbocycles. The first-order valence-corrected chi connectivity index (χ1v) is 10.3. The summed E-state index contributed by atoms with van der Waals surface area (Å²) < 4.78 is 44.8. The number of sulfonamides is 1. The Bertz CT molecular complexity index is 770. The van der Waals surface area contributed by atoms with Gasteiger partial charge in [0.1, 0.15) is 11.5 Å². The number of carbonyl (C=O) groups excluding carboxylic acids is 1. The topological polar surface area (TPSA) is 79.8 Å². The molecule has 0 bridgehead atoms. The number of pyridine rings is 1. The second-order valence-corrected chi connectivity index (χ2v) is 8.59. The predicted octanol–water partition coefficient (Wildman–Crippen LogP) is 2.21. The van der Waals surface area contributed by atoms with Crippen LogP contribution in [0.1, 0.15) is 26.2 Å². The first-order valence-electron chi connectivity index (χ1n) is 8.87. The Morgan fingerprint density at radius 3 is 2.52 bits per heavy atom. The largest absolute Gasteiger partial charge is 0.473 e. The Morgan fingerprint density at radius 1 is 1.37 bits per heavy atom. The third-order valence-corrected chi connectivity index (χ3v) is 6.49. The minimum atomic E-state index is -3.67. The van der Waals surface area contributed by atoms with Crippen molar-refractivity contribution in [1.82, 2.24) is 14.2 Å². The molecule has 1 amide bonds. The van der Waals surface area contributed by atoms with Crippen LogP contribution in [-0.2, 0) is 14.8 Å². The zero-order valence-electron chi connectivity index (χ0n) is 15.9. The van der Waals surface area contributed by atoms with Crippen LogP contribution >= 0.6 is 0 Å². The normalized spacial score (nSPS) is 17.0. The third-order valence-electron chi connectivity index (χ3n) is 4.60. The zero-order chi connectivity index (χ0) is 20.0. The summed E-state index contributed by atoms with van der Waals surface area (Å²) >= 11 is 0. The lowest BCUT2D eigenvalue weighted by Crippen LogP contribution is -2.42. The van der Waals surface area contributed by atoms with Gasteiger partial charge in [-0.2, -0.15) is 4.31 Å². The number of nitrogens with zero attached hydrogens (tertiary/aromatic N) is 3. The van der Waals surface area contributed by atoms with Crippen LogP contribution in [0, 0.1) is 5.92 Å². The zero-order valence-corrected chi connectivity index (χ0v) is 16.7. The number of piperidine rings is 1. The minimum absolute atomic E-state index is 0.0315. The van der Waals surface area contributed by atoms with E-state index >= 15 is 0 Å². The average molecular weight is 399 g/mol. The van der Waals surface area contributed by atoms with E-state index < -0.39 is 10.0 Å². The third kappa shape index (κ3) is 5.26. The molecule has 0 N–H and O–H groups in total. The van der Waals surface area contributed by atoms with Crippen molar-refractivity contribution in [2.24, 2.45) is 5.92 Å². The molecule has 0 spiro atoms. The van der Waals surface area contributed by atoms with E-state index in [-0.39, 0.29) is 29.2 Å². The lowest BCUT2D eigenvalue weighted by atomic mass is 9.97. The van der Waals surface area contributed by atoms with Crippen LogP contribution in [0.5, 0.6) is 5.88 Å². The number of aromatic nitrogens is 1. The lowest BCUT2D eigenvalue weighted by molar-refractivity contribution is -0.134. The maximum Gasteiger partial charge on any atom is 0.244 e. The summed E-state index contributed by atoms with van der Waals surface area (Å²) in [5.41, 5.74) is 0.489. The monoisotopic (exact) mass is 399 g/mol. The molecular weight excluding hydrogens is 373 g/mol. The molecule has 1 fully saturated rings. The fourth-order valence-electron chi connectivity index (χ4n) is 2.84. The first kappa shape index (κ1) is 21.3. The maximum atomic E-state index is 12.8. The molecule has 2 rings (SSSR count). The molecule has 7 nitrogen and oxygen atoms in total. The van der Waals surface area contributed by atoms with E-state index in [1.807, 2.05) is 6.92 Å². The maximum absolute atomic E-state index is 12.8. The number of halogens is 1. The minimum Gasteiger partial charge on any atom is -0.473 e. The molecule has 27 heavy (non-hydrogen) atoms. The van der Waals surface area contributed by atoms with Gasteiger partial charge in [0.15, 0.2) is 0 Å². The number of hydrogen-bond donors (Lipinski definition) is 0. The van der Waals surface area contributed by atoms with Gasteiger partial charge in [-0.05, 0) is 30.9 Å². The van der Waals surface area contributed by atoms with Crippen LogP contribution in [0.3, 0.4) is 0 Å². The summed E-state index contributed by atoms with van der Waals surface area (Å²) in [4.78, 5) is 17.6. The van der Waals surface area contributed by atoms with Crippen molar-refractivity contribution < 1.29 is 22.3 Å². The average Bonchev–Trinajstić information content (AvgIpc) is 2.68. The van der Waals surface area contributed by atoms with Crippen molar-refractivity contribution in [2.75, 3.05) is 33.8 Å². The summed E-state index contributed by atoms with van der Waals surface area (Å²) in [5, 5.41) is 0. The van der Waals surface area contributed by atoms with Gasteiger partial charge in [0.2, 0.25) is 21.8 Å². The first-order chi connectivity index (χ1) is 12.8. The van der Waals surface area contributed by atoms with Gasteiger partial charge < -0.3 is 9.64 Å². The number of rotatable bonds is 7.